The first-order valence-corrected chi connectivity index (χ1v) is 9.41. The Morgan fingerprint density at radius 1 is 1.33 bits per heavy atom. The van der Waals surface area contributed by atoms with E-state index in [2.05, 4.69) is 13.8 Å². The highest BCUT2D eigenvalue weighted by atomic mass is 19.1. The van der Waals surface area contributed by atoms with E-state index in [9.17, 15) is 23.9 Å². The normalized spacial score (nSPS) is 30.7. The van der Waals surface area contributed by atoms with Crippen molar-refractivity contribution in [3.05, 3.63) is 12.0 Å². The second-order valence-electron chi connectivity index (χ2n) is 7.88. The van der Waals surface area contributed by atoms with Crippen molar-refractivity contribution < 1.29 is 28.6 Å². The van der Waals surface area contributed by atoms with Gasteiger partial charge in [0.15, 0.2) is 12.1 Å². The van der Waals surface area contributed by atoms with Gasteiger partial charge in [0.05, 0.1) is 18.2 Å². The highest BCUT2D eigenvalue weighted by molar-refractivity contribution is 5.96. The number of aliphatic hydroxyl groups is 1. The van der Waals surface area contributed by atoms with E-state index in [0.717, 1.165) is 17.5 Å². The van der Waals surface area contributed by atoms with Gasteiger partial charge in [0.1, 0.15) is 0 Å². The molecule has 1 fully saturated rings. The number of ether oxygens (including phenoxy) is 1. The molecule has 3 amide bonds. The van der Waals surface area contributed by atoms with Crippen LogP contribution in [-0.4, -0.2) is 52.7 Å². The van der Waals surface area contributed by atoms with Crippen LogP contribution in [0.15, 0.2) is 12.0 Å². The number of hydrogen-bond acceptors (Lipinski definition) is 5. The number of carbonyl (C=O) groups excluding carboxylic acids is 3. The van der Waals surface area contributed by atoms with Gasteiger partial charge in [0, 0.05) is 13.5 Å². The van der Waals surface area contributed by atoms with Crippen molar-refractivity contribution in [3.63, 3.8) is 0 Å². The summed E-state index contributed by atoms with van der Waals surface area (Å²) in [5.74, 6) is -0.800. The fourth-order valence-electron chi connectivity index (χ4n) is 3.66. The maximum absolute atomic E-state index is 13.5. The molecule has 7 nitrogen and oxygen atoms in total. The number of urea groups is 1. The van der Waals surface area contributed by atoms with Gasteiger partial charge in [0.2, 0.25) is 5.91 Å². The van der Waals surface area contributed by atoms with Gasteiger partial charge >= 0.3 is 12.0 Å². The average molecular weight is 384 g/mol. The lowest BCUT2D eigenvalue weighted by atomic mass is 9.56. The molecule has 1 aliphatic heterocycles. The third-order valence-electron chi connectivity index (χ3n) is 5.98. The van der Waals surface area contributed by atoms with Gasteiger partial charge in [-0.05, 0) is 44.4 Å². The first-order valence-electron chi connectivity index (χ1n) is 9.41. The summed E-state index contributed by atoms with van der Waals surface area (Å²) in [6.45, 7) is 6.44. The van der Waals surface area contributed by atoms with Crippen LogP contribution in [0.2, 0.25) is 0 Å². The quantitative estimate of drug-likeness (QED) is 0.539. The van der Waals surface area contributed by atoms with Crippen molar-refractivity contribution in [2.45, 2.75) is 59.1 Å². The van der Waals surface area contributed by atoms with Crippen molar-refractivity contribution in [3.8, 4) is 0 Å². The molecule has 2 rings (SSSR count). The second-order valence-corrected chi connectivity index (χ2v) is 7.88. The average Bonchev–Trinajstić information content (AvgIpc) is 2.64. The third kappa shape index (κ3) is 4.31. The van der Waals surface area contributed by atoms with Crippen LogP contribution in [0.5, 0.6) is 0 Å². The zero-order valence-electron chi connectivity index (χ0n) is 16.4. The summed E-state index contributed by atoms with van der Waals surface area (Å²) < 4.78 is 18.9. The van der Waals surface area contributed by atoms with Crippen molar-refractivity contribution in [1.82, 2.24) is 9.80 Å². The molecule has 0 radical (unpaired) electrons. The maximum atomic E-state index is 13.5. The van der Waals surface area contributed by atoms with Crippen LogP contribution in [0, 0.1) is 17.3 Å². The number of imide groups is 1. The van der Waals surface area contributed by atoms with Gasteiger partial charge in [-0.25, -0.2) is 14.1 Å². The lowest BCUT2D eigenvalue weighted by Gasteiger charge is -2.48. The molecular formula is C19H29FN2O5. The van der Waals surface area contributed by atoms with Crippen LogP contribution in [0.4, 0.5) is 9.18 Å². The summed E-state index contributed by atoms with van der Waals surface area (Å²) in [7, 11) is 1.22. The molecule has 4 atom stereocenters. The minimum absolute atomic E-state index is 0.0691. The molecule has 0 saturated heterocycles. The van der Waals surface area contributed by atoms with E-state index in [1.165, 1.54) is 7.05 Å². The van der Waals surface area contributed by atoms with Gasteiger partial charge in [-0.1, -0.05) is 13.8 Å². The zero-order chi connectivity index (χ0) is 20.4. The molecule has 8 heteroatoms. The minimum Gasteiger partial charge on any atom is -0.465 e. The number of unbranched alkanes of at least 4 members (excludes halogenated alkanes) is 2. The molecular weight excluding hydrogens is 355 g/mol. The topological polar surface area (TPSA) is 87.2 Å². The molecule has 1 saturated carbocycles. The molecule has 4 unspecified atom stereocenters. The molecule has 27 heavy (non-hydrogen) atoms. The summed E-state index contributed by atoms with van der Waals surface area (Å²) in [5.41, 5.74) is -0.392. The van der Waals surface area contributed by atoms with Crippen molar-refractivity contribution in [2.75, 3.05) is 13.7 Å². The van der Waals surface area contributed by atoms with E-state index in [4.69, 9.17) is 4.74 Å². The molecule has 1 heterocycles. The van der Waals surface area contributed by atoms with Crippen LogP contribution in [0.3, 0.4) is 0 Å². The number of rotatable bonds is 7. The van der Waals surface area contributed by atoms with Gasteiger partial charge in [-0.2, -0.15) is 0 Å². The predicted molar refractivity (Wildman–Crippen MR) is 95.7 cm³/mol. The molecule has 0 spiro atoms. The molecule has 2 aliphatic rings. The molecule has 1 aliphatic carbocycles. The summed E-state index contributed by atoms with van der Waals surface area (Å²) in [6, 6.07) is -0.764. The monoisotopic (exact) mass is 384 g/mol. The van der Waals surface area contributed by atoms with E-state index in [1.54, 1.807) is 0 Å². The van der Waals surface area contributed by atoms with Crippen LogP contribution >= 0.6 is 0 Å². The molecule has 0 bridgehead atoms. The number of aliphatic hydroxyl groups excluding tert-OH is 1. The highest BCUT2D eigenvalue weighted by Crippen LogP contribution is 2.51. The Morgan fingerprint density at radius 2 is 2.00 bits per heavy atom. The van der Waals surface area contributed by atoms with E-state index in [1.807, 2.05) is 6.92 Å². The Kier molecular flexibility index (Phi) is 6.62. The first-order chi connectivity index (χ1) is 12.6. The van der Waals surface area contributed by atoms with E-state index in [-0.39, 0.29) is 12.4 Å². The third-order valence-corrected chi connectivity index (χ3v) is 5.98. The van der Waals surface area contributed by atoms with Crippen molar-refractivity contribution in [1.29, 1.82) is 0 Å². The molecule has 1 N–H and O–H groups in total. The number of esters is 1. The predicted octanol–water partition coefficient (Wildman–Crippen LogP) is 2.80. The molecule has 0 aromatic heterocycles. The van der Waals surface area contributed by atoms with E-state index >= 15 is 0 Å². The molecule has 152 valence electrons. The minimum atomic E-state index is -1.65. The second kappa shape index (κ2) is 8.37. The lowest BCUT2D eigenvalue weighted by Crippen LogP contribution is -2.50. The number of nitrogens with zero attached hydrogens (tertiary/aromatic N) is 2. The summed E-state index contributed by atoms with van der Waals surface area (Å²) >= 11 is 0. The number of halogens is 1. The standard InChI is InChI=1S/C19H29FN2O5/c1-12-10-19(3,13(12)2)17(25)27-9-7-5-6-8-15(23)22-11-14(20)16(24)21(4)18(22)26/h11-13,16,24H,5-10H2,1-4H3. The lowest BCUT2D eigenvalue weighted by molar-refractivity contribution is -0.170. The first kappa shape index (κ1) is 21.3. The van der Waals surface area contributed by atoms with Gasteiger partial charge in [-0.15, -0.1) is 0 Å². The van der Waals surface area contributed by atoms with E-state index in [0.29, 0.717) is 42.6 Å². The highest BCUT2D eigenvalue weighted by Gasteiger charge is 2.51. The van der Waals surface area contributed by atoms with E-state index < -0.39 is 29.4 Å². The summed E-state index contributed by atoms with van der Waals surface area (Å²) in [6.07, 6.45) is 1.76. The number of hydrogen-bond donors (Lipinski definition) is 1. The van der Waals surface area contributed by atoms with Crippen LogP contribution in [-0.2, 0) is 14.3 Å². The largest absolute Gasteiger partial charge is 0.465 e. The molecule has 0 aromatic carbocycles. The Bertz CT molecular complexity index is 638. The Balaban J connectivity index is 1.66. The molecule has 0 aromatic rings. The van der Waals surface area contributed by atoms with Crippen LogP contribution in [0.25, 0.3) is 0 Å². The smallest absolute Gasteiger partial charge is 0.333 e. The number of likely N-dealkylation sites (N-methyl/N-ethyl adjacent to an activating group) is 1. The fraction of sp³-hybridized carbons (Fsp3) is 0.737. The number of amides is 3. The summed E-state index contributed by atoms with van der Waals surface area (Å²) in [5, 5.41) is 9.43. The zero-order valence-corrected chi connectivity index (χ0v) is 16.4. The van der Waals surface area contributed by atoms with Gasteiger partial charge in [-0.3, -0.25) is 14.5 Å². The SMILES string of the molecule is CC1CC(C)(C(=O)OCCCCCC(=O)N2C=C(F)C(O)N(C)C2=O)C1C. The number of carbonyl (C=O) groups is 3. The maximum Gasteiger partial charge on any atom is 0.333 e. The van der Waals surface area contributed by atoms with Crippen LogP contribution in [0.1, 0.15) is 52.9 Å². The Labute approximate surface area is 159 Å². The van der Waals surface area contributed by atoms with Gasteiger partial charge in [0.25, 0.3) is 0 Å². The summed E-state index contributed by atoms with van der Waals surface area (Å²) in [4.78, 5) is 37.6. The van der Waals surface area contributed by atoms with Crippen LogP contribution < -0.4 is 0 Å². The van der Waals surface area contributed by atoms with Gasteiger partial charge < -0.3 is 9.84 Å². The fourth-order valence-corrected chi connectivity index (χ4v) is 3.66. The Morgan fingerprint density at radius 3 is 2.59 bits per heavy atom. The Hall–Kier alpha value is -1.96. The van der Waals surface area contributed by atoms with Crippen molar-refractivity contribution >= 4 is 17.9 Å². The van der Waals surface area contributed by atoms with Crippen molar-refractivity contribution in [2.24, 2.45) is 17.3 Å².